The lowest BCUT2D eigenvalue weighted by Crippen LogP contribution is -2.59. The molecule has 5 rings (SSSR count). The van der Waals surface area contributed by atoms with E-state index in [1.807, 2.05) is 39.0 Å². The molecule has 5 unspecified atom stereocenters. The van der Waals surface area contributed by atoms with Crippen LogP contribution in [0.25, 0.3) is 0 Å². The molecule has 2 bridgehead atoms. The maximum absolute atomic E-state index is 14.3. The molecular weight excluding hydrogens is 851 g/mol. The number of thioether (sulfide) groups is 1. The molecule has 3 aliphatic rings. The highest BCUT2D eigenvalue weighted by atomic mass is 32.2. The van der Waals surface area contributed by atoms with Crippen molar-refractivity contribution in [3.05, 3.63) is 71.8 Å². The number of benzene rings is 2. The average molecular weight is 918 g/mol. The first kappa shape index (κ1) is 50.7. The van der Waals surface area contributed by atoms with Crippen LogP contribution in [0, 0.1) is 35.5 Å². The molecule has 15 nitrogen and oxygen atoms in total. The maximum Gasteiger partial charge on any atom is 0.333 e. The van der Waals surface area contributed by atoms with Crippen molar-refractivity contribution in [1.82, 2.24) is 26.6 Å². The van der Waals surface area contributed by atoms with Gasteiger partial charge in [-0.05, 0) is 104 Å². The summed E-state index contributed by atoms with van der Waals surface area (Å²) in [6, 6.07) is 12.9. The number of carboxylic acid groups (broad SMARTS) is 1. The third kappa shape index (κ3) is 14.9. The second kappa shape index (κ2) is 25.4. The number of hydrogen-bond donors (Lipinski definition) is 6. The molecule has 5 amide bonds. The topological polar surface area (TPSA) is 226 Å². The van der Waals surface area contributed by atoms with Gasteiger partial charge >= 0.3 is 11.9 Å². The number of hydrogen-bond acceptors (Lipinski definition) is 10. The molecule has 0 saturated heterocycles. The number of ether oxygens (including phenoxy) is 1. The summed E-state index contributed by atoms with van der Waals surface area (Å²) in [6.07, 6.45) is 8.04. The molecular formula is C49H67N5O10S. The number of esters is 1. The largest absolute Gasteiger partial charge is 0.481 e. The van der Waals surface area contributed by atoms with E-state index in [-0.39, 0.29) is 43.1 Å². The number of ketones is 1. The summed E-state index contributed by atoms with van der Waals surface area (Å²) in [5.74, 6) is -6.63. The summed E-state index contributed by atoms with van der Waals surface area (Å²) in [7, 11) is 0. The van der Waals surface area contributed by atoms with Crippen LogP contribution in [0.5, 0.6) is 0 Å². The van der Waals surface area contributed by atoms with Crippen LogP contribution in [0.4, 0.5) is 0 Å². The molecule has 0 spiro atoms. The first-order valence-corrected chi connectivity index (χ1v) is 24.5. The zero-order valence-corrected chi connectivity index (χ0v) is 38.7. The number of Topliss-reactive ketones (excluding diaryl/α,β-unsaturated/α-hetero) is 1. The van der Waals surface area contributed by atoms with Crippen molar-refractivity contribution in [2.75, 3.05) is 18.1 Å². The Kier molecular flexibility index (Phi) is 19.9. The fraction of sp³-hybridized carbons (Fsp3) is 0.592. The van der Waals surface area contributed by atoms with E-state index in [4.69, 9.17) is 4.74 Å². The Morgan fingerprint density at radius 2 is 1.40 bits per heavy atom. The Labute approximate surface area is 386 Å². The monoisotopic (exact) mass is 917 g/mol. The summed E-state index contributed by atoms with van der Waals surface area (Å²) >= 11 is 1.68. The van der Waals surface area contributed by atoms with Crippen LogP contribution in [0.15, 0.2) is 60.7 Å². The molecule has 3 fully saturated rings. The fourth-order valence-corrected chi connectivity index (χ4v) is 10.5. The van der Waals surface area contributed by atoms with Gasteiger partial charge in [0.2, 0.25) is 29.4 Å². The van der Waals surface area contributed by atoms with E-state index in [9.17, 15) is 43.5 Å². The fourth-order valence-electron chi connectivity index (χ4n) is 9.63. The molecule has 2 aromatic carbocycles. The van der Waals surface area contributed by atoms with Gasteiger partial charge in [0.1, 0.15) is 18.7 Å². The normalized spacial score (nSPS) is 21.0. The minimum Gasteiger partial charge on any atom is -0.481 e. The Hall–Kier alpha value is -5.25. The lowest BCUT2D eigenvalue weighted by molar-refractivity contribution is -0.150. The van der Waals surface area contributed by atoms with Gasteiger partial charge in [-0.15, -0.1) is 0 Å². The SMILES string of the molecule is CCCSCCCC(NC(=O)[C@H](CC(C)C)NC(=O)[C@@H](NC(=O)C1C2CCC(C2)C1C(=O)O)C1CCCCC1)C(=O)C(=O)NCC(=O)N[C@H](C(=O)OCc1ccccc1)c1ccccc1. The Bertz CT molecular complexity index is 1940. The third-order valence-electron chi connectivity index (χ3n) is 12.8. The zero-order valence-electron chi connectivity index (χ0n) is 37.9. The third-order valence-corrected chi connectivity index (χ3v) is 14.1. The van der Waals surface area contributed by atoms with E-state index < -0.39 is 89.8 Å². The first-order chi connectivity index (χ1) is 31.3. The minimum absolute atomic E-state index is 0.0241. The minimum atomic E-state index is -1.29. The molecule has 0 heterocycles. The lowest BCUT2D eigenvalue weighted by atomic mass is 9.78. The molecule has 2 aromatic rings. The molecule has 3 saturated carbocycles. The Balaban J connectivity index is 1.25. The highest BCUT2D eigenvalue weighted by Gasteiger charge is 2.54. The van der Waals surface area contributed by atoms with Gasteiger partial charge in [-0.25, -0.2) is 4.79 Å². The number of carbonyl (C=O) groups excluding carboxylic acids is 7. The predicted molar refractivity (Wildman–Crippen MR) is 246 cm³/mol. The maximum atomic E-state index is 14.3. The van der Waals surface area contributed by atoms with Crippen LogP contribution in [0.3, 0.4) is 0 Å². The summed E-state index contributed by atoms with van der Waals surface area (Å²) in [4.78, 5) is 108. The lowest BCUT2D eigenvalue weighted by Gasteiger charge is -2.34. The van der Waals surface area contributed by atoms with Gasteiger partial charge in [0, 0.05) is 0 Å². The van der Waals surface area contributed by atoms with Gasteiger partial charge in [-0.2, -0.15) is 11.8 Å². The van der Waals surface area contributed by atoms with Crippen molar-refractivity contribution >= 4 is 59.0 Å². The highest BCUT2D eigenvalue weighted by molar-refractivity contribution is 7.99. The first-order valence-electron chi connectivity index (χ1n) is 23.4. The van der Waals surface area contributed by atoms with Gasteiger partial charge in [0.05, 0.1) is 24.4 Å². The number of amides is 5. The van der Waals surface area contributed by atoms with Crippen molar-refractivity contribution in [3.8, 4) is 0 Å². The molecule has 6 N–H and O–H groups in total. The standard InChI is InChI=1S/C49H67N5O10S/c1-4-24-65-25-14-21-36(43(56)47(60)50-28-38(55)53-42(33-19-12-7-13-20-33)49(63)64-29-31-15-8-5-9-16-31)51-44(57)37(26-30(2)3)52-46(59)41(32-17-10-6-11-18-32)54-45(58)39-34-22-23-35(27-34)40(39)48(61)62/h5,7-9,12-13,15-16,19-20,30,32,34-37,39-42H,4,6,10-11,14,17-18,21-29H2,1-3H3,(H,50,60)(H,51,57)(H,52,59)(H,53,55)(H,54,58)(H,61,62)/t34?,35?,36?,37-,39?,40?,41-,42-/m0/s1. The van der Waals surface area contributed by atoms with E-state index in [1.165, 1.54) is 0 Å². The second-order valence-electron chi connectivity index (χ2n) is 18.2. The van der Waals surface area contributed by atoms with Crippen LogP contribution in [-0.2, 0) is 49.7 Å². The van der Waals surface area contributed by atoms with Gasteiger partial charge in [0.25, 0.3) is 5.91 Å². The number of aliphatic carboxylic acids is 1. The van der Waals surface area contributed by atoms with E-state index in [2.05, 4.69) is 26.6 Å². The van der Waals surface area contributed by atoms with Gasteiger partial charge in [-0.3, -0.25) is 33.6 Å². The van der Waals surface area contributed by atoms with Crippen LogP contribution in [0.2, 0.25) is 0 Å². The molecule has 8 atom stereocenters. The molecule has 3 aliphatic carbocycles. The molecule has 65 heavy (non-hydrogen) atoms. The van der Waals surface area contributed by atoms with Crippen LogP contribution in [0.1, 0.15) is 115 Å². The van der Waals surface area contributed by atoms with Crippen molar-refractivity contribution < 1.29 is 48.2 Å². The number of nitrogens with one attached hydrogen (secondary N) is 5. The van der Waals surface area contributed by atoms with E-state index >= 15 is 0 Å². The summed E-state index contributed by atoms with van der Waals surface area (Å²) in [5.41, 5.74) is 1.21. The van der Waals surface area contributed by atoms with Gasteiger partial charge in [0.15, 0.2) is 6.04 Å². The molecule has 0 radical (unpaired) electrons. The Morgan fingerprint density at radius 1 is 0.754 bits per heavy atom. The van der Waals surface area contributed by atoms with E-state index in [1.54, 1.807) is 54.2 Å². The predicted octanol–water partition coefficient (Wildman–Crippen LogP) is 5.02. The van der Waals surface area contributed by atoms with Gasteiger partial charge < -0.3 is 36.4 Å². The number of carboxylic acids is 1. The van der Waals surface area contributed by atoms with Crippen LogP contribution < -0.4 is 26.6 Å². The molecule has 0 aliphatic heterocycles. The molecule has 16 heteroatoms. The van der Waals surface area contributed by atoms with Crippen LogP contribution in [-0.4, -0.2) is 88.5 Å². The molecule has 354 valence electrons. The van der Waals surface area contributed by atoms with E-state index in [0.29, 0.717) is 37.0 Å². The smallest absolute Gasteiger partial charge is 0.333 e. The Morgan fingerprint density at radius 3 is 2.05 bits per heavy atom. The van der Waals surface area contributed by atoms with E-state index in [0.717, 1.165) is 49.8 Å². The highest BCUT2D eigenvalue weighted by Crippen LogP contribution is 2.52. The quantitative estimate of drug-likeness (QED) is 0.0441. The van der Waals surface area contributed by atoms with Crippen LogP contribution >= 0.6 is 11.8 Å². The van der Waals surface area contributed by atoms with Crippen molar-refractivity contribution in [3.63, 3.8) is 0 Å². The van der Waals surface area contributed by atoms with Crippen molar-refractivity contribution in [1.29, 1.82) is 0 Å². The number of carbonyl (C=O) groups is 8. The van der Waals surface area contributed by atoms with Crippen molar-refractivity contribution in [2.24, 2.45) is 35.5 Å². The summed E-state index contributed by atoms with van der Waals surface area (Å²) in [5, 5.41) is 23.6. The molecule has 0 aromatic heterocycles. The average Bonchev–Trinajstić information content (AvgIpc) is 3.94. The van der Waals surface area contributed by atoms with Gasteiger partial charge in [-0.1, -0.05) is 101 Å². The second-order valence-corrected chi connectivity index (χ2v) is 19.4. The summed E-state index contributed by atoms with van der Waals surface area (Å²) < 4.78 is 5.51. The number of fused-ring (bicyclic) bond motifs is 2. The zero-order chi connectivity index (χ0) is 46.9. The summed E-state index contributed by atoms with van der Waals surface area (Å²) in [6.45, 7) is 5.14. The number of rotatable bonds is 25. The van der Waals surface area contributed by atoms with Crippen molar-refractivity contribution in [2.45, 2.75) is 129 Å².